The maximum absolute atomic E-state index is 4.17. The summed E-state index contributed by atoms with van der Waals surface area (Å²) in [5, 5.41) is 0. The Kier molecular flexibility index (Phi) is 74.4. The van der Waals surface area contributed by atoms with Crippen molar-refractivity contribution in [1.82, 2.24) is 0 Å². The van der Waals surface area contributed by atoms with Crippen molar-refractivity contribution in [2.45, 2.75) is 0 Å². The summed E-state index contributed by atoms with van der Waals surface area (Å²) in [6, 6.07) is 0. The molecule has 4 heavy (non-hydrogen) atoms. The molecule has 0 rings (SSSR count). The summed E-state index contributed by atoms with van der Waals surface area (Å²) in [7, 11) is 4.17. The molecule has 0 aromatic heterocycles. The number of hydrogen-bond acceptors (Lipinski definition) is 1. The van der Waals surface area contributed by atoms with E-state index in [1.165, 1.54) is 0 Å². The molecule has 0 nitrogen and oxygen atoms in total. The summed E-state index contributed by atoms with van der Waals surface area (Å²) in [5.41, 5.74) is 0. The molecule has 0 amide bonds. The van der Waals surface area contributed by atoms with E-state index < -0.39 is 0 Å². The van der Waals surface area contributed by atoms with Crippen LogP contribution in [0.4, 0.5) is 0 Å². The van der Waals surface area contributed by atoms with Crippen LogP contribution in [0.3, 0.4) is 0 Å². The van der Waals surface area contributed by atoms with Gasteiger partial charge in [-0.25, -0.2) is 0 Å². The van der Waals surface area contributed by atoms with E-state index in [2.05, 4.69) is 9.29 Å². The summed E-state index contributed by atoms with van der Waals surface area (Å²) in [6.07, 6.45) is 0. The van der Waals surface area contributed by atoms with Crippen molar-refractivity contribution in [3.8, 4) is 0 Å². The van der Waals surface area contributed by atoms with E-state index in [0.29, 0.717) is 0 Å². The first-order chi connectivity index (χ1) is 1.00. The van der Waals surface area contributed by atoms with Crippen LogP contribution in [-0.2, 0) is 21.1 Å². The molecule has 0 aromatic rings. The first-order valence-corrected chi connectivity index (χ1v) is 4.11. The third kappa shape index (κ3) is 8.84. The Morgan fingerprint density at radius 3 is 1.25 bits per heavy atom. The first kappa shape index (κ1) is 16.2. The summed E-state index contributed by atoms with van der Waals surface area (Å²) in [4.78, 5) is 0. The van der Waals surface area contributed by atoms with Crippen molar-refractivity contribution in [2.75, 3.05) is 0 Å². The van der Waals surface area contributed by atoms with E-state index in [1.807, 2.05) is 0 Å². The summed E-state index contributed by atoms with van der Waals surface area (Å²) in [5.74, 6) is 0. The van der Waals surface area contributed by atoms with Gasteiger partial charge in [0.05, 0.1) is 0 Å². The van der Waals surface area contributed by atoms with Crippen LogP contribution in [-0.4, -0.2) is 40.4 Å². The van der Waals surface area contributed by atoms with E-state index in [9.17, 15) is 0 Å². The summed E-state index contributed by atoms with van der Waals surface area (Å²) < 4.78 is 0. The van der Waals surface area contributed by atoms with Crippen LogP contribution >= 0.6 is 9.29 Å². The maximum atomic E-state index is 4.17. The molecule has 0 saturated heterocycles. The zero-order valence-corrected chi connectivity index (χ0v) is 9.99. The zero-order chi connectivity index (χ0) is 2.00. The molecule has 0 unspecified atom stereocenters. The number of rotatable bonds is 0. The Balaban J connectivity index is -0.00000000500. The summed E-state index contributed by atoms with van der Waals surface area (Å²) >= 11 is 1.13. The van der Waals surface area contributed by atoms with Gasteiger partial charge in [-0.15, -0.1) is 0 Å². The molecule has 0 fully saturated rings. The monoisotopic (exact) mass is 319 g/mol. The van der Waals surface area contributed by atoms with Crippen LogP contribution < -0.4 is 0 Å². The molecule has 0 aromatic carbocycles. The van der Waals surface area contributed by atoms with E-state index in [-0.39, 0.29) is 40.9 Å². The van der Waals surface area contributed by atoms with Crippen LogP contribution in [0.1, 0.15) is 0 Å². The van der Waals surface area contributed by atoms with Gasteiger partial charge in [0.2, 0.25) is 0 Å². The Morgan fingerprint density at radius 1 is 1.25 bits per heavy atom. The van der Waals surface area contributed by atoms with Gasteiger partial charge in [-0.3, -0.25) is 0 Å². The molecule has 0 bridgehead atoms. The Bertz CT molecular complexity index is 8.00. The van der Waals surface area contributed by atoms with Gasteiger partial charge in [0.25, 0.3) is 0 Å². The molecule has 4 heteroatoms. The van der Waals surface area contributed by atoms with Gasteiger partial charge < -0.3 is 0 Å². The van der Waals surface area contributed by atoms with Gasteiger partial charge in [0.15, 0.2) is 0 Å². The second-order valence-corrected chi connectivity index (χ2v) is 0. The molecular weight excluding hydrogens is 316 g/mol. The van der Waals surface area contributed by atoms with Crippen LogP contribution in [0.5, 0.6) is 0 Å². The quantitative estimate of drug-likeness (QED) is 0.562. The van der Waals surface area contributed by atoms with Gasteiger partial charge in [0.1, 0.15) is 0 Å². The zero-order valence-electron chi connectivity index (χ0n) is 1.89. The average molecular weight is 316 g/mol. The van der Waals surface area contributed by atoms with Crippen LogP contribution in [0, 0.1) is 0 Å². The summed E-state index contributed by atoms with van der Waals surface area (Å²) in [6.45, 7) is 0. The SMILES string of the molecule is [Ga].[Mo].[S]=[Sn]. The van der Waals surface area contributed by atoms with E-state index in [0.717, 1.165) is 20.6 Å². The van der Waals surface area contributed by atoms with Gasteiger partial charge >= 0.3 is 29.9 Å². The Morgan fingerprint density at radius 2 is 1.25 bits per heavy atom. The molecule has 0 aliphatic heterocycles. The van der Waals surface area contributed by atoms with Gasteiger partial charge in [-0.2, -0.15) is 0 Å². The molecular formula is GaMoSSn. The van der Waals surface area contributed by atoms with Crippen molar-refractivity contribution in [1.29, 1.82) is 0 Å². The minimum atomic E-state index is 0. The van der Waals surface area contributed by atoms with Crippen LogP contribution in [0.2, 0.25) is 0 Å². The first-order valence-electron chi connectivity index (χ1n) is 0.204. The third-order valence-electron chi connectivity index (χ3n) is 0. The van der Waals surface area contributed by atoms with E-state index in [1.54, 1.807) is 0 Å². The van der Waals surface area contributed by atoms with Crippen LogP contribution in [0.25, 0.3) is 0 Å². The molecule has 0 saturated carbocycles. The Hall–Kier alpha value is 2.34. The molecule has 0 atom stereocenters. The molecule has 19 valence electrons. The van der Waals surface area contributed by atoms with Gasteiger partial charge in [0, 0.05) is 40.9 Å². The third-order valence-corrected chi connectivity index (χ3v) is 0. The van der Waals surface area contributed by atoms with Crippen molar-refractivity contribution in [3.05, 3.63) is 0 Å². The van der Waals surface area contributed by atoms with Crippen LogP contribution in [0.15, 0.2) is 0 Å². The van der Waals surface area contributed by atoms with Crippen molar-refractivity contribution >= 4 is 49.7 Å². The standard InChI is InChI=1S/Ga.Mo.S.Sn. The fraction of sp³-hybridized carbons (Fsp3) is 0. The van der Waals surface area contributed by atoms with Gasteiger partial charge in [-0.05, 0) is 0 Å². The topological polar surface area (TPSA) is 0 Å². The fourth-order valence-electron chi connectivity index (χ4n) is 0. The van der Waals surface area contributed by atoms with E-state index in [4.69, 9.17) is 0 Å². The van der Waals surface area contributed by atoms with Crippen molar-refractivity contribution in [3.63, 3.8) is 0 Å². The molecule has 0 N–H and O–H groups in total. The number of hydrogen-bond donors (Lipinski definition) is 0. The fourth-order valence-corrected chi connectivity index (χ4v) is 0. The van der Waals surface area contributed by atoms with E-state index >= 15 is 0 Å². The second-order valence-electron chi connectivity index (χ2n) is 0. The molecule has 0 aliphatic rings. The van der Waals surface area contributed by atoms with Crippen molar-refractivity contribution < 1.29 is 21.1 Å². The normalized spacial score (nSPS) is 1.00. The molecule has 0 aliphatic carbocycles. The molecule has 5 radical (unpaired) electrons. The average Bonchev–Trinajstić information content (AvgIpc) is 1.00. The van der Waals surface area contributed by atoms with Crippen molar-refractivity contribution in [2.24, 2.45) is 0 Å². The predicted octanol–water partition coefficient (Wildman–Crippen LogP) is -0.116. The molecule has 0 spiro atoms. The predicted molar refractivity (Wildman–Crippen MR) is 19.1 cm³/mol. The Labute approximate surface area is 69.7 Å². The van der Waals surface area contributed by atoms with Gasteiger partial charge in [-0.1, -0.05) is 0 Å². The minimum absolute atomic E-state index is 0. The molecule has 0 heterocycles. The second kappa shape index (κ2) is 18.4.